The monoisotopic (exact) mass is 392 g/mol. The van der Waals surface area contributed by atoms with Crippen LogP contribution in [0.3, 0.4) is 0 Å². The molecule has 0 saturated carbocycles. The van der Waals surface area contributed by atoms with Crippen LogP contribution in [0.5, 0.6) is 0 Å². The van der Waals surface area contributed by atoms with Gasteiger partial charge in [-0.05, 0) is 62.6 Å². The maximum Gasteiger partial charge on any atom is 0.268 e. The highest BCUT2D eigenvalue weighted by molar-refractivity contribution is 7.90. The van der Waals surface area contributed by atoms with E-state index in [1.54, 1.807) is 24.3 Å². The third-order valence-electron chi connectivity index (χ3n) is 6.10. The van der Waals surface area contributed by atoms with E-state index in [0.717, 1.165) is 35.0 Å². The van der Waals surface area contributed by atoms with Gasteiger partial charge < -0.3 is 0 Å². The molecule has 2 aliphatic rings. The summed E-state index contributed by atoms with van der Waals surface area (Å²) in [4.78, 5) is 2.85. The van der Waals surface area contributed by atoms with Gasteiger partial charge in [-0.25, -0.2) is 12.4 Å². The number of hydrogen-bond donors (Lipinski definition) is 0. The van der Waals surface area contributed by atoms with E-state index in [-0.39, 0.29) is 0 Å². The lowest BCUT2D eigenvalue weighted by atomic mass is 9.93. The van der Waals surface area contributed by atoms with Crippen molar-refractivity contribution in [3.8, 4) is 0 Å². The van der Waals surface area contributed by atoms with Crippen molar-refractivity contribution < 1.29 is 8.42 Å². The lowest BCUT2D eigenvalue weighted by Gasteiger charge is -2.29. The van der Waals surface area contributed by atoms with Crippen molar-refractivity contribution in [1.29, 1.82) is 0 Å². The van der Waals surface area contributed by atoms with E-state index >= 15 is 0 Å². The van der Waals surface area contributed by atoms with Gasteiger partial charge in [0.2, 0.25) is 0 Å². The first kappa shape index (κ1) is 17.7. The molecule has 2 aromatic carbocycles. The molecule has 1 aromatic heterocycles. The topological polar surface area (TPSA) is 42.3 Å². The molecule has 3 aromatic rings. The van der Waals surface area contributed by atoms with Crippen LogP contribution in [0.4, 0.5) is 0 Å². The van der Waals surface area contributed by atoms with Gasteiger partial charge in [0.05, 0.1) is 10.4 Å². The van der Waals surface area contributed by atoms with Gasteiger partial charge in [-0.3, -0.25) is 4.90 Å². The van der Waals surface area contributed by atoms with Gasteiger partial charge in [0, 0.05) is 29.7 Å². The number of fused-ring (bicyclic) bond motifs is 2. The van der Waals surface area contributed by atoms with Crippen LogP contribution >= 0.6 is 0 Å². The van der Waals surface area contributed by atoms with Gasteiger partial charge in [-0.2, -0.15) is 0 Å². The van der Waals surface area contributed by atoms with Crippen LogP contribution in [0.15, 0.2) is 65.7 Å². The molecule has 0 unspecified atom stereocenters. The summed E-state index contributed by atoms with van der Waals surface area (Å²) in [6, 6.07) is 15.3. The first-order valence-corrected chi connectivity index (χ1v) is 11.3. The van der Waals surface area contributed by atoms with Crippen LogP contribution in [0.1, 0.15) is 30.4 Å². The van der Waals surface area contributed by atoms with Crippen LogP contribution < -0.4 is 0 Å². The predicted molar refractivity (Wildman–Crippen MR) is 113 cm³/mol. The van der Waals surface area contributed by atoms with E-state index in [1.165, 1.54) is 28.9 Å². The number of rotatable bonds is 3. The molecule has 1 atom stereocenters. The molecule has 0 N–H and O–H groups in total. The molecule has 28 heavy (non-hydrogen) atoms. The molecule has 4 nitrogen and oxygen atoms in total. The molecular weight excluding hydrogens is 368 g/mol. The molecule has 5 rings (SSSR count). The quantitative estimate of drug-likeness (QED) is 0.662. The zero-order valence-corrected chi connectivity index (χ0v) is 16.8. The van der Waals surface area contributed by atoms with Crippen molar-refractivity contribution in [2.45, 2.75) is 37.1 Å². The Morgan fingerprint density at radius 2 is 1.89 bits per heavy atom. The van der Waals surface area contributed by atoms with Crippen molar-refractivity contribution in [1.82, 2.24) is 8.87 Å². The summed E-state index contributed by atoms with van der Waals surface area (Å²) in [6.07, 6.45) is 7.62. The number of nitrogens with zero attached hydrogens (tertiary/aromatic N) is 2. The largest absolute Gasteiger partial charge is 0.296 e. The molecule has 1 fully saturated rings. The summed E-state index contributed by atoms with van der Waals surface area (Å²) >= 11 is 0. The van der Waals surface area contributed by atoms with Gasteiger partial charge in [0.1, 0.15) is 0 Å². The molecular formula is C23H24N2O2S. The lowest BCUT2D eigenvalue weighted by molar-refractivity contribution is 0.275. The maximum absolute atomic E-state index is 13.3. The van der Waals surface area contributed by atoms with Crippen molar-refractivity contribution in [2.75, 3.05) is 13.1 Å². The van der Waals surface area contributed by atoms with Crippen molar-refractivity contribution >= 4 is 26.5 Å². The molecule has 1 saturated heterocycles. The zero-order chi connectivity index (χ0) is 19.3. The number of benzene rings is 2. The predicted octanol–water partition coefficient (Wildman–Crippen LogP) is 4.44. The standard InChI is InChI=1S/C23H24N2O2S/c1-17-9-10-23-21(14-17)22(18-11-13-24-12-5-6-19(24)15-18)16-25(23)28(26,27)20-7-3-2-4-8-20/h2-4,7-11,14,16,19H,5-6,12-13,15H2,1H3/t19-/m0/s1. The number of aryl methyl sites for hydroxylation is 1. The van der Waals surface area contributed by atoms with Crippen LogP contribution in [-0.2, 0) is 10.0 Å². The Morgan fingerprint density at radius 1 is 1.07 bits per heavy atom. The Hall–Kier alpha value is -2.37. The lowest BCUT2D eigenvalue weighted by Crippen LogP contribution is -2.32. The first-order chi connectivity index (χ1) is 13.5. The second kappa shape index (κ2) is 6.61. The minimum absolute atomic E-state index is 0.318. The second-order valence-electron chi connectivity index (χ2n) is 7.90. The Labute approximate surface area is 166 Å². The Balaban J connectivity index is 1.68. The van der Waals surface area contributed by atoms with E-state index in [4.69, 9.17) is 0 Å². The molecule has 0 bridgehead atoms. The highest BCUT2D eigenvalue weighted by Crippen LogP contribution is 2.37. The Kier molecular flexibility index (Phi) is 4.18. The summed E-state index contributed by atoms with van der Waals surface area (Å²) < 4.78 is 28.2. The summed E-state index contributed by atoms with van der Waals surface area (Å²) in [5.41, 5.74) is 4.23. The average molecular weight is 393 g/mol. The van der Waals surface area contributed by atoms with E-state index < -0.39 is 10.0 Å². The van der Waals surface area contributed by atoms with E-state index in [1.807, 2.05) is 24.4 Å². The zero-order valence-electron chi connectivity index (χ0n) is 16.0. The third-order valence-corrected chi connectivity index (χ3v) is 7.79. The maximum atomic E-state index is 13.3. The van der Waals surface area contributed by atoms with Crippen LogP contribution in [0, 0.1) is 6.92 Å². The van der Waals surface area contributed by atoms with E-state index in [9.17, 15) is 8.42 Å². The molecule has 0 radical (unpaired) electrons. The summed E-state index contributed by atoms with van der Waals surface area (Å²) in [5, 5.41) is 1.03. The van der Waals surface area contributed by atoms with Gasteiger partial charge in [-0.15, -0.1) is 0 Å². The van der Waals surface area contributed by atoms with E-state index in [0.29, 0.717) is 10.9 Å². The van der Waals surface area contributed by atoms with E-state index in [2.05, 4.69) is 24.0 Å². The third kappa shape index (κ3) is 2.81. The van der Waals surface area contributed by atoms with Gasteiger partial charge >= 0.3 is 0 Å². The van der Waals surface area contributed by atoms with Gasteiger partial charge in [-0.1, -0.05) is 35.9 Å². The van der Waals surface area contributed by atoms with Crippen LogP contribution in [0.2, 0.25) is 0 Å². The fraction of sp³-hybridized carbons (Fsp3) is 0.304. The average Bonchev–Trinajstić information content (AvgIpc) is 3.32. The molecule has 2 aliphatic heterocycles. The highest BCUT2D eigenvalue weighted by atomic mass is 32.2. The SMILES string of the molecule is Cc1ccc2c(c1)c(C1=CCN3CCC[C@H]3C1)cn2S(=O)(=O)c1ccccc1. The minimum atomic E-state index is -3.63. The summed E-state index contributed by atoms with van der Waals surface area (Å²) in [7, 11) is -3.63. The normalized spacial score (nSPS) is 20.3. The van der Waals surface area contributed by atoms with Gasteiger partial charge in [0.25, 0.3) is 10.0 Å². The Morgan fingerprint density at radius 3 is 2.71 bits per heavy atom. The molecule has 5 heteroatoms. The molecule has 3 heterocycles. The van der Waals surface area contributed by atoms with Gasteiger partial charge in [0.15, 0.2) is 0 Å². The minimum Gasteiger partial charge on any atom is -0.296 e. The molecule has 144 valence electrons. The first-order valence-electron chi connectivity index (χ1n) is 9.90. The number of aromatic nitrogens is 1. The van der Waals surface area contributed by atoms with Crippen LogP contribution in [0.25, 0.3) is 16.5 Å². The highest BCUT2D eigenvalue weighted by Gasteiger charge is 2.30. The molecule has 0 amide bonds. The smallest absolute Gasteiger partial charge is 0.268 e. The fourth-order valence-corrected chi connectivity index (χ4v) is 6.02. The summed E-state index contributed by atoms with van der Waals surface area (Å²) in [5.74, 6) is 0. The number of hydrogen-bond acceptors (Lipinski definition) is 3. The van der Waals surface area contributed by atoms with Crippen molar-refractivity contribution in [3.63, 3.8) is 0 Å². The summed E-state index contributed by atoms with van der Waals surface area (Å²) in [6.45, 7) is 4.20. The Bertz CT molecular complexity index is 1180. The fourth-order valence-electron chi connectivity index (χ4n) is 4.63. The second-order valence-corrected chi connectivity index (χ2v) is 9.72. The van der Waals surface area contributed by atoms with Crippen molar-refractivity contribution in [2.24, 2.45) is 0 Å². The van der Waals surface area contributed by atoms with Crippen LogP contribution in [-0.4, -0.2) is 36.4 Å². The molecule has 0 spiro atoms. The molecule has 0 aliphatic carbocycles. The van der Waals surface area contributed by atoms with Crippen molar-refractivity contribution in [3.05, 3.63) is 71.9 Å².